The second kappa shape index (κ2) is 13.5. The summed E-state index contributed by atoms with van der Waals surface area (Å²) in [6, 6.07) is 30.6. The summed E-state index contributed by atoms with van der Waals surface area (Å²) in [4.78, 5) is 28.0. The number of hydrogen-bond acceptors (Lipinski definition) is 8. The Hall–Kier alpha value is -5.39. The van der Waals surface area contributed by atoms with Crippen molar-refractivity contribution >= 4 is 28.2 Å². The van der Waals surface area contributed by atoms with Crippen molar-refractivity contribution in [3.63, 3.8) is 0 Å². The summed E-state index contributed by atoms with van der Waals surface area (Å²) in [5.41, 5.74) is 3.48. The lowest BCUT2D eigenvalue weighted by Gasteiger charge is -2.35. The molecule has 1 amide bonds. The number of aromatic hydroxyl groups is 1. The Morgan fingerprint density at radius 1 is 0.822 bits per heavy atom. The lowest BCUT2D eigenvalue weighted by atomic mass is 10.2. The number of rotatable bonds is 10. The summed E-state index contributed by atoms with van der Waals surface area (Å²) in [6.45, 7) is 5.22. The quantitative estimate of drug-likeness (QED) is 0.109. The van der Waals surface area contributed by atoms with Crippen molar-refractivity contribution < 1.29 is 19.6 Å². The average Bonchev–Trinajstić information content (AvgIpc) is 3.34. The number of azo groups is 1. The van der Waals surface area contributed by atoms with Gasteiger partial charge in [-0.25, -0.2) is 0 Å². The number of aromatic nitrogens is 1. The van der Waals surface area contributed by atoms with E-state index in [1.807, 2.05) is 34.9 Å². The first kappa shape index (κ1) is 29.7. The molecular formula is C34H32N6O5. The minimum atomic E-state index is -0.553. The van der Waals surface area contributed by atoms with Gasteiger partial charge in [0.05, 0.1) is 17.1 Å². The smallest absolute Gasteiger partial charge is 0.295 e. The average molecular weight is 605 g/mol. The fraction of sp³-hybridized carbons (Fsp3) is 0.206. The number of amides is 1. The molecule has 0 spiro atoms. The third-order valence-electron chi connectivity index (χ3n) is 7.87. The molecule has 0 unspecified atom stereocenters. The van der Waals surface area contributed by atoms with Crippen LogP contribution in [-0.4, -0.2) is 56.5 Å². The van der Waals surface area contributed by atoms with Gasteiger partial charge < -0.3 is 9.84 Å². The van der Waals surface area contributed by atoms with Crippen LogP contribution >= 0.6 is 0 Å². The van der Waals surface area contributed by atoms with Crippen molar-refractivity contribution in [1.29, 1.82) is 0 Å². The van der Waals surface area contributed by atoms with Crippen molar-refractivity contribution in [3.8, 4) is 11.6 Å². The van der Waals surface area contributed by atoms with Gasteiger partial charge in [-0.1, -0.05) is 48.5 Å². The third kappa shape index (κ3) is 7.06. The van der Waals surface area contributed by atoms with Gasteiger partial charge in [-0.2, -0.15) is 0 Å². The van der Waals surface area contributed by atoms with Gasteiger partial charge in [0.15, 0.2) is 5.69 Å². The van der Waals surface area contributed by atoms with E-state index in [1.54, 1.807) is 36.4 Å². The van der Waals surface area contributed by atoms with Crippen LogP contribution < -0.4 is 4.74 Å². The first-order chi connectivity index (χ1) is 21.9. The van der Waals surface area contributed by atoms with E-state index in [0.717, 1.165) is 43.8 Å². The predicted octanol–water partition coefficient (Wildman–Crippen LogP) is 6.53. The number of piperazine rings is 1. The number of carbonyl (C=O) groups is 1. The number of para-hydroxylation sites is 1. The van der Waals surface area contributed by atoms with Crippen LogP contribution in [0.15, 0.2) is 113 Å². The Morgan fingerprint density at radius 2 is 1.49 bits per heavy atom. The highest BCUT2D eigenvalue weighted by Crippen LogP contribution is 2.39. The Morgan fingerprint density at radius 3 is 2.20 bits per heavy atom. The SMILES string of the molecule is O=C(N=Nc1c(O)n(CN2CCN(Cc3ccccc3)CC2)c2ccccc12)c1ccc(OCc2ccc([N+](=O)[O-])cc2)cc1. The van der Waals surface area contributed by atoms with Gasteiger partial charge in [0.1, 0.15) is 12.4 Å². The molecule has 0 atom stereocenters. The lowest BCUT2D eigenvalue weighted by molar-refractivity contribution is -0.384. The third-order valence-corrected chi connectivity index (χ3v) is 7.87. The molecule has 1 fully saturated rings. The molecule has 6 rings (SSSR count). The second-order valence-electron chi connectivity index (χ2n) is 10.9. The number of hydrogen-bond donors (Lipinski definition) is 1. The number of nitrogens with zero attached hydrogens (tertiary/aromatic N) is 6. The van der Waals surface area contributed by atoms with Crippen LogP contribution in [0, 0.1) is 10.1 Å². The standard InChI is InChI=1S/C34H32N6O5/c41-33(27-12-16-29(17-13-27)45-23-26-10-14-28(15-11-26)40(43)44)36-35-32-30-8-4-5-9-31(30)39(34(32)42)24-38-20-18-37(19-21-38)22-25-6-2-1-3-7-25/h1-17,42H,18-24H2. The predicted molar refractivity (Wildman–Crippen MR) is 170 cm³/mol. The van der Waals surface area contributed by atoms with E-state index in [9.17, 15) is 20.0 Å². The number of ether oxygens (including phenoxy) is 1. The molecule has 1 aromatic heterocycles. The topological polar surface area (TPSA) is 126 Å². The Labute approximate surface area is 259 Å². The molecule has 45 heavy (non-hydrogen) atoms. The number of non-ortho nitro benzene ring substituents is 1. The maximum absolute atomic E-state index is 12.9. The zero-order valence-electron chi connectivity index (χ0n) is 24.5. The lowest BCUT2D eigenvalue weighted by Crippen LogP contribution is -2.46. The maximum atomic E-state index is 12.9. The van der Waals surface area contributed by atoms with Gasteiger partial charge in [-0.05, 0) is 53.6 Å². The molecule has 2 heterocycles. The molecule has 4 aromatic carbocycles. The van der Waals surface area contributed by atoms with Gasteiger partial charge >= 0.3 is 0 Å². The highest BCUT2D eigenvalue weighted by Gasteiger charge is 2.22. The largest absolute Gasteiger partial charge is 0.493 e. The molecule has 0 radical (unpaired) electrons. The number of fused-ring (bicyclic) bond motifs is 1. The van der Waals surface area contributed by atoms with Gasteiger partial charge in [0.25, 0.3) is 11.6 Å². The first-order valence-corrected chi connectivity index (χ1v) is 14.7. The Bertz CT molecular complexity index is 1810. The van der Waals surface area contributed by atoms with E-state index in [0.29, 0.717) is 23.4 Å². The van der Waals surface area contributed by atoms with Crippen molar-refractivity contribution in [2.45, 2.75) is 19.8 Å². The fourth-order valence-electron chi connectivity index (χ4n) is 5.37. The Kier molecular flexibility index (Phi) is 8.90. The van der Waals surface area contributed by atoms with E-state index >= 15 is 0 Å². The summed E-state index contributed by atoms with van der Waals surface area (Å²) in [7, 11) is 0. The molecule has 5 aromatic rings. The molecule has 0 aliphatic carbocycles. The van der Waals surface area contributed by atoms with Crippen molar-refractivity contribution in [3.05, 3.63) is 130 Å². The molecule has 1 N–H and O–H groups in total. The molecule has 11 nitrogen and oxygen atoms in total. The van der Waals surface area contributed by atoms with Crippen LogP contribution in [0.25, 0.3) is 10.9 Å². The van der Waals surface area contributed by atoms with Gasteiger partial charge in [-0.3, -0.25) is 29.3 Å². The number of nitro groups is 1. The van der Waals surface area contributed by atoms with Crippen LogP contribution in [-0.2, 0) is 19.8 Å². The molecule has 1 aliphatic rings. The summed E-state index contributed by atoms with van der Waals surface area (Å²) in [5, 5.41) is 30.9. The fourth-order valence-corrected chi connectivity index (χ4v) is 5.37. The molecule has 1 aliphatic heterocycles. The second-order valence-corrected chi connectivity index (χ2v) is 10.9. The number of carbonyl (C=O) groups excluding carboxylic acids is 1. The van der Waals surface area contributed by atoms with Crippen LogP contribution in [0.2, 0.25) is 0 Å². The Balaban J connectivity index is 1.09. The van der Waals surface area contributed by atoms with Crippen molar-refractivity contribution in [1.82, 2.24) is 14.4 Å². The maximum Gasteiger partial charge on any atom is 0.295 e. The molecule has 228 valence electrons. The van der Waals surface area contributed by atoms with Gasteiger partial charge in [0.2, 0.25) is 5.88 Å². The summed E-state index contributed by atoms with van der Waals surface area (Å²) >= 11 is 0. The van der Waals surface area contributed by atoms with Gasteiger partial charge in [-0.15, -0.1) is 10.2 Å². The van der Waals surface area contributed by atoms with E-state index < -0.39 is 10.8 Å². The molecule has 1 saturated heterocycles. The normalized spacial score (nSPS) is 14.2. The number of benzene rings is 4. The van der Waals surface area contributed by atoms with Gasteiger partial charge in [0, 0.05) is 55.8 Å². The number of nitro benzene ring substituents is 1. The van der Waals surface area contributed by atoms with Crippen LogP contribution in [0.1, 0.15) is 21.5 Å². The summed E-state index contributed by atoms with van der Waals surface area (Å²) in [6.07, 6.45) is 0. The van der Waals surface area contributed by atoms with E-state index in [-0.39, 0.29) is 23.9 Å². The molecule has 0 bridgehead atoms. The monoisotopic (exact) mass is 604 g/mol. The van der Waals surface area contributed by atoms with E-state index in [4.69, 9.17) is 4.74 Å². The first-order valence-electron chi connectivity index (χ1n) is 14.7. The zero-order chi connectivity index (χ0) is 31.2. The summed E-state index contributed by atoms with van der Waals surface area (Å²) in [5.74, 6) is -0.0550. The minimum absolute atomic E-state index is 0.0156. The van der Waals surface area contributed by atoms with Crippen molar-refractivity contribution in [2.24, 2.45) is 10.2 Å². The minimum Gasteiger partial charge on any atom is -0.493 e. The van der Waals surface area contributed by atoms with Crippen LogP contribution in [0.5, 0.6) is 11.6 Å². The van der Waals surface area contributed by atoms with E-state index in [2.05, 4.69) is 44.3 Å². The summed E-state index contributed by atoms with van der Waals surface area (Å²) < 4.78 is 7.56. The highest BCUT2D eigenvalue weighted by atomic mass is 16.6. The van der Waals surface area contributed by atoms with Crippen molar-refractivity contribution in [2.75, 3.05) is 26.2 Å². The zero-order valence-corrected chi connectivity index (χ0v) is 24.5. The van der Waals surface area contributed by atoms with Crippen LogP contribution in [0.4, 0.5) is 11.4 Å². The van der Waals surface area contributed by atoms with E-state index in [1.165, 1.54) is 17.7 Å². The molecule has 0 saturated carbocycles. The molecule has 11 heteroatoms. The molecular weight excluding hydrogens is 572 g/mol. The van der Waals surface area contributed by atoms with Crippen LogP contribution in [0.3, 0.4) is 0 Å². The highest BCUT2D eigenvalue weighted by molar-refractivity contribution is 5.97.